The number of thiophene rings is 1. The van der Waals surface area contributed by atoms with E-state index in [4.69, 9.17) is 5.11 Å². The first-order valence-electron chi connectivity index (χ1n) is 5.51. The Labute approximate surface area is 121 Å². The number of aromatic carboxylic acids is 1. The average molecular weight is 327 g/mol. The second-order valence-corrected chi connectivity index (χ2v) is 6.05. The first-order valence-corrected chi connectivity index (χ1v) is 7.32. The Hall–Kier alpha value is -1.22. The largest absolute Gasteiger partial charge is 0.478 e. The summed E-state index contributed by atoms with van der Waals surface area (Å²) in [5, 5.41) is 11.5. The van der Waals surface area contributed by atoms with Crippen molar-refractivity contribution in [3.8, 4) is 0 Å². The standard InChI is InChI=1S/C11H12F3NO3S2/c1-3-6-5(2)20-9(8(6)10(17)18)15-7(16)4-19-11(12,13)14/h3-4H2,1-2H3,(H,15,16)(H,17,18). The van der Waals surface area contributed by atoms with Crippen molar-refractivity contribution in [2.24, 2.45) is 0 Å². The predicted molar refractivity (Wildman–Crippen MR) is 72.5 cm³/mol. The average Bonchev–Trinajstić information content (AvgIpc) is 2.61. The van der Waals surface area contributed by atoms with Gasteiger partial charge in [0.25, 0.3) is 0 Å². The molecule has 1 amide bonds. The van der Waals surface area contributed by atoms with E-state index in [1.54, 1.807) is 13.8 Å². The molecule has 0 aliphatic carbocycles. The minimum absolute atomic E-state index is 0.0413. The number of rotatable bonds is 5. The highest BCUT2D eigenvalue weighted by molar-refractivity contribution is 8.00. The fraction of sp³-hybridized carbons (Fsp3) is 0.455. The number of hydrogen-bond donors (Lipinski definition) is 2. The molecule has 9 heteroatoms. The van der Waals surface area contributed by atoms with Crippen LogP contribution in [0.15, 0.2) is 0 Å². The lowest BCUT2D eigenvalue weighted by molar-refractivity contribution is -0.114. The van der Waals surface area contributed by atoms with Crippen molar-refractivity contribution in [3.05, 3.63) is 16.0 Å². The Morgan fingerprint density at radius 1 is 1.40 bits per heavy atom. The van der Waals surface area contributed by atoms with Gasteiger partial charge in [0.05, 0.1) is 11.3 Å². The molecule has 0 atom stereocenters. The van der Waals surface area contributed by atoms with Gasteiger partial charge in [0.2, 0.25) is 5.91 Å². The van der Waals surface area contributed by atoms with Crippen LogP contribution in [0.2, 0.25) is 0 Å². The lowest BCUT2D eigenvalue weighted by Gasteiger charge is -2.06. The summed E-state index contributed by atoms with van der Waals surface area (Å²) in [6.45, 7) is 3.47. The van der Waals surface area contributed by atoms with Crippen molar-refractivity contribution in [2.75, 3.05) is 11.1 Å². The summed E-state index contributed by atoms with van der Waals surface area (Å²) in [5.74, 6) is -2.88. The van der Waals surface area contributed by atoms with Crippen LogP contribution in [0.3, 0.4) is 0 Å². The molecule has 0 saturated heterocycles. The van der Waals surface area contributed by atoms with Crippen molar-refractivity contribution < 1.29 is 27.9 Å². The number of alkyl halides is 3. The third-order valence-electron chi connectivity index (χ3n) is 2.40. The molecule has 0 aromatic carbocycles. The number of thioether (sulfide) groups is 1. The molecule has 1 aromatic heterocycles. The van der Waals surface area contributed by atoms with Crippen molar-refractivity contribution >= 4 is 40.0 Å². The van der Waals surface area contributed by atoms with Crippen LogP contribution < -0.4 is 5.32 Å². The molecule has 0 fully saturated rings. The molecule has 20 heavy (non-hydrogen) atoms. The quantitative estimate of drug-likeness (QED) is 0.868. The van der Waals surface area contributed by atoms with Gasteiger partial charge < -0.3 is 10.4 Å². The molecule has 0 spiro atoms. The molecule has 2 N–H and O–H groups in total. The van der Waals surface area contributed by atoms with Gasteiger partial charge in [0.15, 0.2) is 0 Å². The van der Waals surface area contributed by atoms with E-state index in [9.17, 15) is 22.8 Å². The highest BCUT2D eigenvalue weighted by Gasteiger charge is 2.30. The van der Waals surface area contributed by atoms with Gasteiger partial charge in [-0.05, 0) is 30.7 Å². The van der Waals surface area contributed by atoms with E-state index in [0.717, 1.165) is 16.2 Å². The van der Waals surface area contributed by atoms with E-state index in [1.807, 2.05) is 0 Å². The number of aryl methyl sites for hydroxylation is 1. The van der Waals surface area contributed by atoms with Crippen LogP contribution in [-0.4, -0.2) is 28.2 Å². The molecule has 0 aliphatic rings. The smallest absolute Gasteiger partial charge is 0.442 e. The Balaban J connectivity index is 2.87. The first-order chi connectivity index (χ1) is 9.15. The molecule has 1 heterocycles. The number of halogens is 3. The van der Waals surface area contributed by atoms with Gasteiger partial charge >= 0.3 is 11.5 Å². The van der Waals surface area contributed by atoms with Crippen LogP contribution in [0.25, 0.3) is 0 Å². The number of carbonyl (C=O) groups is 2. The molecule has 0 radical (unpaired) electrons. The van der Waals surface area contributed by atoms with Crippen LogP contribution in [0.1, 0.15) is 27.7 Å². The minimum Gasteiger partial charge on any atom is -0.478 e. The van der Waals surface area contributed by atoms with Crippen LogP contribution in [0.4, 0.5) is 18.2 Å². The lowest BCUT2D eigenvalue weighted by Crippen LogP contribution is -2.18. The van der Waals surface area contributed by atoms with E-state index >= 15 is 0 Å². The lowest BCUT2D eigenvalue weighted by atomic mass is 10.1. The maximum atomic E-state index is 12.0. The summed E-state index contributed by atoms with van der Waals surface area (Å²) in [5.41, 5.74) is -3.95. The third kappa shape index (κ3) is 4.41. The van der Waals surface area contributed by atoms with E-state index in [-0.39, 0.29) is 10.6 Å². The zero-order chi connectivity index (χ0) is 15.5. The van der Waals surface area contributed by atoms with Crippen LogP contribution >= 0.6 is 23.1 Å². The number of anilines is 1. The van der Waals surface area contributed by atoms with E-state index < -0.39 is 34.9 Å². The molecule has 1 aromatic rings. The molecular formula is C11H12F3NO3S2. The van der Waals surface area contributed by atoms with Crippen LogP contribution in [-0.2, 0) is 11.2 Å². The Morgan fingerprint density at radius 3 is 2.45 bits per heavy atom. The van der Waals surface area contributed by atoms with Gasteiger partial charge in [-0.15, -0.1) is 11.3 Å². The number of amides is 1. The molecule has 1 rings (SSSR count). The maximum Gasteiger partial charge on any atom is 0.442 e. The summed E-state index contributed by atoms with van der Waals surface area (Å²) < 4.78 is 35.9. The Morgan fingerprint density at radius 2 is 2.00 bits per heavy atom. The molecular weight excluding hydrogens is 315 g/mol. The fourth-order valence-corrected chi connectivity index (χ4v) is 3.15. The molecule has 112 valence electrons. The second kappa shape index (κ2) is 6.49. The maximum absolute atomic E-state index is 12.0. The van der Waals surface area contributed by atoms with Crippen molar-refractivity contribution in [3.63, 3.8) is 0 Å². The molecule has 4 nitrogen and oxygen atoms in total. The number of carboxylic acid groups (broad SMARTS) is 1. The van der Waals surface area contributed by atoms with Gasteiger partial charge in [-0.3, -0.25) is 4.79 Å². The normalized spacial score (nSPS) is 11.4. The summed E-state index contributed by atoms with van der Waals surface area (Å²) >= 11 is 0.589. The number of carboxylic acids is 1. The molecule has 0 saturated carbocycles. The number of nitrogens with one attached hydrogen (secondary N) is 1. The van der Waals surface area contributed by atoms with Gasteiger partial charge in [-0.2, -0.15) is 13.2 Å². The van der Waals surface area contributed by atoms with Gasteiger partial charge in [0.1, 0.15) is 5.00 Å². The Bertz CT molecular complexity index is 526. The van der Waals surface area contributed by atoms with Gasteiger partial charge in [0, 0.05) is 4.88 Å². The van der Waals surface area contributed by atoms with Crippen LogP contribution in [0.5, 0.6) is 0 Å². The molecule has 0 bridgehead atoms. The fourth-order valence-electron chi connectivity index (χ4n) is 1.63. The second-order valence-electron chi connectivity index (χ2n) is 3.78. The van der Waals surface area contributed by atoms with Crippen molar-refractivity contribution in [1.29, 1.82) is 0 Å². The third-order valence-corrected chi connectivity index (χ3v) is 4.19. The highest BCUT2D eigenvalue weighted by atomic mass is 32.2. The monoisotopic (exact) mass is 327 g/mol. The summed E-state index contributed by atoms with van der Waals surface area (Å²) in [6.07, 6.45) is 0.469. The van der Waals surface area contributed by atoms with Crippen molar-refractivity contribution in [2.45, 2.75) is 25.8 Å². The predicted octanol–water partition coefficient (Wildman–Crippen LogP) is 3.51. The minimum atomic E-state index is -4.49. The number of carbonyl (C=O) groups excluding carboxylic acids is 1. The molecule has 0 aliphatic heterocycles. The number of hydrogen-bond acceptors (Lipinski definition) is 4. The zero-order valence-corrected chi connectivity index (χ0v) is 12.3. The highest BCUT2D eigenvalue weighted by Crippen LogP contribution is 2.34. The topological polar surface area (TPSA) is 66.4 Å². The van der Waals surface area contributed by atoms with E-state index in [0.29, 0.717) is 12.0 Å². The van der Waals surface area contributed by atoms with Crippen LogP contribution in [0, 0.1) is 6.92 Å². The summed E-state index contributed by atoms with van der Waals surface area (Å²) in [4.78, 5) is 23.3. The Kier molecular flexibility index (Phi) is 5.46. The van der Waals surface area contributed by atoms with Gasteiger partial charge in [-0.1, -0.05) is 6.92 Å². The van der Waals surface area contributed by atoms with Gasteiger partial charge in [-0.25, -0.2) is 4.79 Å². The SMILES string of the molecule is CCc1c(C)sc(NC(=O)CSC(F)(F)F)c1C(=O)O. The zero-order valence-electron chi connectivity index (χ0n) is 10.6. The van der Waals surface area contributed by atoms with Crippen molar-refractivity contribution in [1.82, 2.24) is 0 Å². The molecule has 0 unspecified atom stereocenters. The first kappa shape index (κ1) is 16.8. The summed E-state index contributed by atoms with van der Waals surface area (Å²) in [6, 6.07) is 0. The summed E-state index contributed by atoms with van der Waals surface area (Å²) in [7, 11) is 0. The van der Waals surface area contributed by atoms with E-state index in [1.165, 1.54) is 0 Å². The van der Waals surface area contributed by atoms with E-state index in [2.05, 4.69) is 5.32 Å².